The maximum atomic E-state index is 12.3. The van der Waals surface area contributed by atoms with Gasteiger partial charge in [-0.05, 0) is 12.5 Å². The van der Waals surface area contributed by atoms with Gasteiger partial charge in [0.15, 0.2) is 0 Å². The van der Waals surface area contributed by atoms with Gasteiger partial charge in [-0.15, -0.1) is 12.4 Å². The molecule has 0 saturated carbocycles. The van der Waals surface area contributed by atoms with Gasteiger partial charge in [0.2, 0.25) is 0 Å². The molecule has 1 heterocycles. The minimum absolute atomic E-state index is 0. The van der Waals surface area contributed by atoms with Gasteiger partial charge in [-0.2, -0.15) is 0 Å². The number of halogens is 1. The van der Waals surface area contributed by atoms with Crippen molar-refractivity contribution in [2.45, 2.75) is 26.3 Å². The Morgan fingerprint density at radius 3 is 2.74 bits per heavy atom. The molecule has 2 N–H and O–H groups in total. The molecule has 0 atom stereocenters. The van der Waals surface area contributed by atoms with Gasteiger partial charge in [-0.25, -0.2) is 0 Å². The third kappa shape index (κ3) is 5.63. The topological polar surface area (TPSA) is 68.7 Å². The number of nitrogens with two attached hydrogens (primary N) is 1. The molecule has 5 nitrogen and oxygen atoms in total. The van der Waals surface area contributed by atoms with Gasteiger partial charge >= 0.3 is 0 Å². The Hall–Kier alpha value is -1.04. The van der Waals surface area contributed by atoms with Crippen molar-refractivity contribution < 1.29 is 13.9 Å². The van der Waals surface area contributed by atoms with Gasteiger partial charge in [-0.3, -0.25) is 4.79 Å². The fourth-order valence-corrected chi connectivity index (χ4v) is 1.65. The van der Waals surface area contributed by atoms with E-state index in [-0.39, 0.29) is 18.3 Å². The Morgan fingerprint density at radius 2 is 2.21 bits per heavy atom. The summed E-state index contributed by atoms with van der Waals surface area (Å²) in [5, 5.41) is 0. The van der Waals surface area contributed by atoms with E-state index in [4.69, 9.17) is 14.9 Å². The molecule has 1 aromatic rings. The van der Waals surface area contributed by atoms with Crippen LogP contribution in [0.1, 0.15) is 35.9 Å². The molecule has 0 spiro atoms. The molecular formula is C13H23ClN2O3. The maximum Gasteiger partial charge on any atom is 0.257 e. The van der Waals surface area contributed by atoms with Crippen molar-refractivity contribution in [2.24, 2.45) is 5.73 Å². The van der Waals surface area contributed by atoms with Crippen molar-refractivity contribution in [3.8, 4) is 0 Å². The number of methoxy groups -OCH3 is 1. The standard InChI is InChI=1S/C13H22N2O3.ClH/c1-3-4-5-15(6-7-17-2)13(16)11-8-12(9-14)18-10-11;/h8,10H,3-7,9,14H2,1-2H3;1H. The molecular weight excluding hydrogens is 268 g/mol. The first-order valence-corrected chi connectivity index (χ1v) is 6.28. The molecule has 0 radical (unpaired) electrons. The molecule has 0 aliphatic heterocycles. The van der Waals surface area contributed by atoms with E-state index in [1.807, 2.05) is 0 Å². The van der Waals surface area contributed by atoms with Crippen molar-refractivity contribution in [1.29, 1.82) is 0 Å². The summed E-state index contributed by atoms with van der Waals surface area (Å²) in [5.41, 5.74) is 6.02. The number of carbonyl (C=O) groups is 1. The summed E-state index contributed by atoms with van der Waals surface area (Å²) >= 11 is 0. The van der Waals surface area contributed by atoms with Crippen LogP contribution in [0.25, 0.3) is 0 Å². The van der Waals surface area contributed by atoms with Crippen LogP contribution < -0.4 is 5.73 Å². The van der Waals surface area contributed by atoms with Crippen molar-refractivity contribution >= 4 is 18.3 Å². The average Bonchev–Trinajstić information content (AvgIpc) is 2.87. The molecule has 1 rings (SSSR count). The van der Waals surface area contributed by atoms with Crippen molar-refractivity contribution in [2.75, 3.05) is 26.8 Å². The van der Waals surface area contributed by atoms with Crippen molar-refractivity contribution in [1.82, 2.24) is 4.90 Å². The van der Waals surface area contributed by atoms with Crippen LogP contribution in [0.3, 0.4) is 0 Å². The third-order valence-electron chi connectivity index (χ3n) is 2.74. The van der Waals surface area contributed by atoms with Gasteiger partial charge in [0.1, 0.15) is 12.0 Å². The largest absolute Gasteiger partial charge is 0.467 e. The number of furan rings is 1. The van der Waals surface area contributed by atoms with E-state index in [0.29, 0.717) is 31.0 Å². The van der Waals surface area contributed by atoms with Gasteiger partial charge in [0, 0.05) is 20.2 Å². The van der Waals surface area contributed by atoms with E-state index in [0.717, 1.165) is 19.4 Å². The molecule has 0 aliphatic rings. The van der Waals surface area contributed by atoms with Gasteiger partial charge < -0.3 is 19.8 Å². The van der Waals surface area contributed by atoms with E-state index in [1.165, 1.54) is 6.26 Å². The van der Waals surface area contributed by atoms with E-state index in [2.05, 4.69) is 6.92 Å². The smallest absolute Gasteiger partial charge is 0.257 e. The van der Waals surface area contributed by atoms with Crippen LogP contribution in [0.2, 0.25) is 0 Å². The van der Waals surface area contributed by atoms with Crippen LogP contribution in [-0.4, -0.2) is 37.6 Å². The van der Waals surface area contributed by atoms with Crippen LogP contribution in [0.15, 0.2) is 16.7 Å². The van der Waals surface area contributed by atoms with E-state index in [1.54, 1.807) is 18.1 Å². The van der Waals surface area contributed by atoms with Crippen LogP contribution in [0.4, 0.5) is 0 Å². The molecule has 19 heavy (non-hydrogen) atoms. The molecule has 0 aliphatic carbocycles. The Labute approximate surface area is 120 Å². The second-order valence-corrected chi connectivity index (χ2v) is 4.14. The zero-order valence-electron chi connectivity index (χ0n) is 11.6. The first-order valence-electron chi connectivity index (χ1n) is 6.28. The van der Waals surface area contributed by atoms with Crippen LogP contribution in [-0.2, 0) is 11.3 Å². The second-order valence-electron chi connectivity index (χ2n) is 4.14. The number of rotatable bonds is 8. The molecule has 1 aromatic heterocycles. The lowest BCUT2D eigenvalue weighted by Crippen LogP contribution is -2.34. The third-order valence-corrected chi connectivity index (χ3v) is 2.74. The fourth-order valence-electron chi connectivity index (χ4n) is 1.65. The van der Waals surface area contributed by atoms with E-state index >= 15 is 0 Å². The molecule has 0 fully saturated rings. The Kier molecular flexibility index (Phi) is 9.30. The highest BCUT2D eigenvalue weighted by molar-refractivity contribution is 5.94. The summed E-state index contributed by atoms with van der Waals surface area (Å²) in [6, 6.07) is 1.70. The minimum Gasteiger partial charge on any atom is -0.467 e. The Bertz CT molecular complexity index is 361. The molecule has 0 saturated heterocycles. The summed E-state index contributed by atoms with van der Waals surface area (Å²) in [6.45, 7) is 4.28. The zero-order valence-corrected chi connectivity index (χ0v) is 12.4. The molecule has 1 amide bonds. The lowest BCUT2D eigenvalue weighted by molar-refractivity contribution is 0.0692. The highest BCUT2D eigenvalue weighted by Crippen LogP contribution is 2.11. The summed E-state index contributed by atoms with van der Waals surface area (Å²) in [7, 11) is 1.63. The molecule has 0 unspecified atom stereocenters. The number of carbonyl (C=O) groups excluding carboxylic acids is 1. The molecule has 0 bridgehead atoms. The van der Waals surface area contributed by atoms with E-state index in [9.17, 15) is 4.79 Å². The first-order chi connectivity index (χ1) is 8.72. The second kappa shape index (κ2) is 9.83. The normalized spacial score (nSPS) is 10.1. The fraction of sp³-hybridized carbons (Fsp3) is 0.615. The van der Waals surface area contributed by atoms with Crippen LogP contribution >= 0.6 is 12.4 Å². The quantitative estimate of drug-likeness (QED) is 0.795. The molecule has 6 heteroatoms. The number of ether oxygens (including phenoxy) is 1. The summed E-state index contributed by atoms with van der Waals surface area (Å²) in [4.78, 5) is 14.0. The highest BCUT2D eigenvalue weighted by Gasteiger charge is 2.17. The summed E-state index contributed by atoms with van der Waals surface area (Å²) in [5.74, 6) is 0.601. The summed E-state index contributed by atoms with van der Waals surface area (Å²) in [6.07, 6.45) is 3.50. The maximum absolute atomic E-state index is 12.3. The minimum atomic E-state index is -0.0241. The number of nitrogens with zero attached hydrogens (tertiary/aromatic N) is 1. The van der Waals surface area contributed by atoms with Crippen molar-refractivity contribution in [3.63, 3.8) is 0 Å². The van der Waals surface area contributed by atoms with Crippen LogP contribution in [0, 0.1) is 0 Å². The highest BCUT2D eigenvalue weighted by atomic mass is 35.5. The zero-order chi connectivity index (χ0) is 13.4. The van der Waals surface area contributed by atoms with Gasteiger partial charge in [0.05, 0.1) is 18.7 Å². The SMILES string of the molecule is CCCCN(CCOC)C(=O)c1coc(CN)c1.Cl. The number of unbranched alkanes of at least 4 members (excludes halogenated alkanes) is 1. The Balaban J connectivity index is 0.00000324. The number of hydrogen-bond donors (Lipinski definition) is 1. The van der Waals surface area contributed by atoms with Gasteiger partial charge in [0.25, 0.3) is 5.91 Å². The predicted octanol–water partition coefficient (Wildman–Crippen LogP) is 2.05. The lowest BCUT2D eigenvalue weighted by atomic mass is 10.2. The van der Waals surface area contributed by atoms with E-state index < -0.39 is 0 Å². The van der Waals surface area contributed by atoms with Crippen LogP contribution in [0.5, 0.6) is 0 Å². The number of hydrogen-bond acceptors (Lipinski definition) is 4. The summed E-state index contributed by atoms with van der Waals surface area (Å²) < 4.78 is 10.2. The van der Waals surface area contributed by atoms with Crippen molar-refractivity contribution in [3.05, 3.63) is 23.7 Å². The number of amides is 1. The molecule has 0 aromatic carbocycles. The molecule has 110 valence electrons. The van der Waals surface area contributed by atoms with Gasteiger partial charge in [-0.1, -0.05) is 13.3 Å². The average molecular weight is 291 g/mol. The first kappa shape index (κ1) is 18.0. The Morgan fingerprint density at radius 1 is 1.47 bits per heavy atom. The lowest BCUT2D eigenvalue weighted by Gasteiger charge is -2.21. The predicted molar refractivity (Wildman–Crippen MR) is 76.5 cm³/mol. The monoisotopic (exact) mass is 290 g/mol.